The Morgan fingerprint density at radius 1 is 1.15 bits per heavy atom. The van der Waals surface area contributed by atoms with Gasteiger partial charge in [-0.25, -0.2) is 0 Å². The van der Waals surface area contributed by atoms with Crippen LogP contribution in [-0.2, 0) is 11.2 Å². The molecule has 34 heavy (non-hydrogen) atoms. The molecule has 1 aliphatic rings. The van der Waals surface area contributed by atoms with Gasteiger partial charge in [0.05, 0.1) is 5.41 Å². The molecule has 0 heterocycles. The van der Waals surface area contributed by atoms with E-state index in [9.17, 15) is 22.8 Å². The molecule has 5 nitrogen and oxygen atoms in total. The second kappa shape index (κ2) is 10.4. The molecule has 3 N–H and O–H groups in total. The minimum atomic E-state index is -4.37. The van der Waals surface area contributed by atoms with Crippen LogP contribution in [-0.4, -0.2) is 49.6 Å². The zero-order valence-corrected chi connectivity index (χ0v) is 19.9. The van der Waals surface area contributed by atoms with Gasteiger partial charge in [0.25, 0.3) is 0 Å². The lowest BCUT2D eigenvalue weighted by molar-refractivity contribution is -0.194. The van der Waals surface area contributed by atoms with Gasteiger partial charge in [0.1, 0.15) is 0 Å². The molecule has 184 valence electrons. The maximum absolute atomic E-state index is 13.9. The van der Waals surface area contributed by atoms with Crippen LogP contribution < -0.4 is 11.1 Å². The van der Waals surface area contributed by atoms with E-state index in [0.717, 1.165) is 5.56 Å². The van der Waals surface area contributed by atoms with Crippen LogP contribution in [0.2, 0.25) is 5.02 Å². The Kier molecular flexibility index (Phi) is 7.93. The molecule has 0 bridgehead atoms. The summed E-state index contributed by atoms with van der Waals surface area (Å²) in [4.78, 5) is 26.1. The lowest BCUT2D eigenvalue weighted by Gasteiger charge is -2.30. The van der Waals surface area contributed by atoms with Gasteiger partial charge >= 0.3 is 6.18 Å². The van der Waals surface area contributed by atoms with Crippen molar-refractivity contribution in [2.45, 2.75) is 43.8 Å². The number of hydrogen-bond acceptors (Lipinski definition) is 3. The van der Waals surface area contributed by atoms with Gasteiger partial charge in [0.15, 0.2) is 0 Å². The molecule has 2 atom stereocenters. The summed E-state index contributed by atoms with van der Waals surface area (Å²) in [7, 11) is 3.69. The van der Waals surface area contributed by atoms with E-state index >= 15 is 0 Å². The summed E-state index contributed by atoms with van der Waals surface area (Å²) in [6.45, 7) is 0.236. The Labute approximate surface area is 202 Å². The zero-order valence-electron chi connectivity index (χ0n) is 19.2. The van der Waals surface area contributed by atoms with Crippen molar-refractivity contribution in [2.24, 2.45) is 11.1 Å². The topological polar surface area (TPSA) is 75.4 Å². The number of nitrogens with two attached hydrogens (primary N) is 1. The summed E-state index contributed by atoms with van der Waals surface area (Å²) < 4.78 is 41.6. The molecule has 1 aliphatic carbocycles. The molecule has 0 spiro atoms. The number of carbonyl (C=O) groups is 2. The first-order chi connectivity index (χ1) is 15.9. The number of halogens is 4. The second-order valence-electron chi connectivity index (χ2n) is 9.12. The van der Waals surface area contributed by atoms with Gasteiger partial charge in [0, 0.05) is 35.5 Å². The van der Waals surface area contributed by atoms with Crippen molar-refractivity contribution in [1.29, 1.82) is 0 Å². The molecule has 9 heteroatoms. The predicted molar refractivity (Wildman–Crippen MR) is 126 cm³/mol. The van der Waals surface area contributed by atoms with E-state index < -0.39 is 29.3 Å². The third-order valence-corrected chi connectivity index (χ3v) is 7.02. The van der Waals surface area contributed by atoms with Crippen LogP contribution in [0.5, 0.6) is 0 Å². The third kappa shape index (κ3) is 5.91. The fourth-order valence-electron chi connectivity index (χ4n) is 4.33. The number of benzene rings is 2. The highest BCUT2D eigenvalue weighted by molar-refractivity contribution is 6.31. The highest BCUT2D eigenvalue weighted by atomic mass is 35.5. The van der Waals surface area contributed by atoms with Crippen molar-refractivity contribution in [3.8, 4) is 0 Å². The summed E-state index contributed by atoms with van der Waals surface area (Å²) in [6, 6.07) is 13.1. The maximum atomic E-state index is 13.9. The Balaban J connectivity index is 1.69. The van der Waals surface area contributed by atoms with Gasteiger partial charge < -0.3 is 16.0 Å². The average molecular weight is 496 g/mol. The molecule has 0 aromatic heterocycles. The van der Waals surface area contributed by atoms with E-state index in [1.54, 1.807) is 42.5 Å². The third-order valence-electron chi connectivity index (χ3n) is 6.67. The van der Waals surface area contributed by atoms with Crippen molar-refractivity contribution in [1.82, 2.24) is 10.2 Å². The quantitative estimate of drug-likeness (QED) is 0.508. The highest BCUT2D eigenvalue weighted by Crippen LogP contribution is 2.66. The fourth-order valence-corrected chi connectivity index (χ4v) is 4.59. The van der Waals surface area contributed by atoms with Crippen LogP contribution in [0.1, 0.15) is 46.7 Å². The van der Waals surface area contributed by atoms with Crippen molar-refractivity contribution in [3.63, 3.8) is 0 Å². The van der Waals surface area contributed by atoms with E-state index in [-0.39, 0.29) is 31.8 Å². The standard InChI is InChI=1S/C25H29ClF3N3O2/c1-32(2)19(12-17-8-9-18(23(30)34)13-21(17)26)15-31-22(33)14-20(16-6-4-3-5-7-16)24(10-11-24)25(27,28)29/h3-9,13,19-20H,10-12,14-15H2,1-2H3,(H2,30,34)(H,31,33). The minimum absolute atomic E-state index is 0.0312. The van der Waals surface area contributed by atoms with Gasteiger partial charge in [-0.3, -0.25) is 9.59 Å². The minimum Gasteiger partial charge on any atom is -0.366 e. The number of likely N-dealkylation sites (N-methyl/N-ethyl adjacent to an activating group) is 1. The van der Waals surface area contributed by atoms with E-state index in [1.807, 2.05) is 19.0 Å². The van der Waals surface area contributed by atoms with Crippen molar-refractivity contribution < 1.29 is 22.8 Å². The van der Waals surface area contributed by atoms with E-state index in [4.69, 9.17) is 17.3 Å². The molecule has 1 saturated carbocycles. The summed E-state index contributed by atoms with van der Waals surface area (Å²) in [5, 5.41) is 3.21. The van der Waals surface area contributed by atoms with Gasteiger partial charge in [-0.05, 0) is 56.6 Å². The Morgan fingerprint density at radius 2 is 1.79 bits per heavy atom. The Bertz CT molecular complexity index is 1020. The summed E-state index contributed by atoms with van der Waals surface area (Å²) in [5.74, 6) is -1.93. The number of nitrogens with zero attached hydrogens (tertiary/aromatic N) is 1. The molecule has 2 aromatic rings. The molecule has 0 radical (unpaired) electrons. The van der Waals surface area contributed by atoms with Crippen LogP contribution in [0.3, 0.4) is 0 Å². The first-order valence-electron chi connectivity index (χ1n) is 11.1. The Hall–Kier alpha value is -2.58. The molecule has 2 unspecified atom stereocenters. The maximum Gasteiger partial charge on any atom is 0.395 e. The van der Waals surface area contributed by atoms with Gasteiger partial charge in [0.2, 0.25) is 11.8 Å². The summed E-state index contributed by atoms with van der Waals surface area (Å²) in [6.07, 6.45) is -4.07. The molecule has 2 aromatic carbocycles. The summed E-state index contributed by atoms with van der Waals surface area (Å²) >= 11 is 6.30. The van der Waals surface area contributed by atoms with Crippen molar-refractivity contribution >= 4 is 23.4 Å². The number of amides is 2. The van der Waals surface area contributed by atoms with Gasteiger partial charge in [-0.1, -0.05) is 48.0 Å². The molecule has 2 amide bonds. The van der Waals surface area contributed by atoms with Crippen LogP contribution >= 0.6 is 11.6 Å². The van der Waals surface area contributed by atoms with Crippen LogP contribution in [0.15, 0.2) is 48.5 Å². The van der Waals surface area contributed by atoms with Crippen LogP contribution in [0, 0.1) is 5.41 Å². The van der Waals surface area contributed by atoms with Crippen LogP contribution in [0.4, 0.5) is 13.2 Å². The monoisotopic (exact) mass is 495 g/mol. The van der Waals surface area contributed by atoms with Crippen LogP contribution in [0.25, 0.3) is 0 Å². The number of hydrogen-bond donors (Lipinski definition) is 2. The Morgan fingerprint density at radius 3 is 2.29 bits per heavy atom. The lowest BCUT2D eigenvalue weighted by atomic mass is 9.80. The number of nitrogens with one attached hydrogen (secondary N) is 1. The van der Waals surface area contributed by atoms with Crippen molar-refractivity contribution in [3.05, 3.63) is 70.2 Å². The smallest absolute Gasteiger partial charge is 0.366 e. The molecular formula is C25H29ClF3N3O2. The normalized spacial score (nSPS) is 16.7. The lowest BCUT2D eigenvalue weighted by Crippen LogP contribution is -2.42. The second-order valence-corrected chi connectivity index (χ2v) is 9.52. The number of alkyl halides is 3. The number of primary amides is 1. The summed E-state index contributed by atoms with van der Waals surface area (Å²) in [5.41, 5.74) is 5.04. The predicted octanol–water partition coefficient (Wildman–Crippen LogP) is 4.54. The molecule has 0 aliphatic heterocycles. The average Bonchev–Trinajstić information content (AvgIpc) is 3.58. The zero-order chi connectivity index (χ0) is 25.1. The number of rotatable bonds is 10. The highest BCUT2D eigenvalue weighted by Gasteiger charge is 2.67. The van der Waals surface area contributed by atoms with Crippen molar-refractivity contribution in [2.75, 3.05) is 20.6 Å². The number of carbonyl (C=O) groups excluding carboxylic acids is 2. The van der Waals surface area contributed by atoms with E-state index in [1.165, 1.54) is 6.07 Å². The SMILES string of the molecule is CN(C)C(CNC(=O)CC(c1ccccc1)C1(C(F)(F)F)CC1)Cc1ccc(C(N)=O)cc1Cl. The molecule has 3 rings (SSSR count). The van der Waals surface area contributed by atoms with E-state index in [2.05, 4.69) is 5.32 Å². The molecule has 0 saturated heterocycles. The van der Waals surface area contributed by atoms with Gasteiger partial charge in [-0.15, -0.1) is 0 Å². The molecule has 1 fully saturated rings. The van der Waals surface area contributed by atoms with Gasteiger partial charge in [-0.2, -0.15) is 13.2 Å². The first kappa shape index (κ1) is 26.0. The fraction of sp³-hybridized carbons (Fsp3) is 0.440. The van der Waals surface area contributed by atoms with E-state index in [0.29, 0.717) is 22.6 Å². The molecular weight excluding hydrogens is 467 g/mol. The first-order valence-corrected chi connectivity index (χ1v) is 11.5. The largest absolute Gasteiger partial charge is 0.395 e.